The summed E-state index contributed by atoms with van der Waals surface area (Å²) in [4.78, 5) is 0. The van der Waals surface area contributed by atoms with Crippen LogP contribution in [-0.4, -0.2) is 13.2 Å². The Morgan fingerprint density at radius 1 is 1.13 bits per heavy atom. The Morgan fingerprint density at radius 2 is 1.73 bits per heavy atom. The maximum atomic E-state index is 5.72. The predicted molar refractivity (Wildman–Crippen MR) is 65.0 cm³/mol. The zero-order valence-electron chi connectivity index (χ0n) is 9.70. The van der Waals surface area contributed by atoms with Crippen LogP contribution in [0.2, 0.25) is 0 Å². The Kier molecular flexibility index (Phi) is 5.19. The minimum atomic E-state index is 0.529. The van der Waals surface area contributed by atoms with E-state index in [1.54, 1.807) is 0 Å². The number of hydrogen-bond acceptors (Lipinski definition) is 2. The molecule has 0 aliphatic carbocycles. The van der Waals surface area contributed by atoms with Gasteiger partial charge in [-0.3, -0.25) is 0 Å². The van der Waals surface area contributed by atoms with Crippen molar-refractivity contribution < 1.29 is 4.74 Å². The molecule has 2 heteroatoms. The molecule has 0 unspecified atom stereocenters. The molecule has 0 saturated carbocycles. The molecule has 84 valence electrons. The summed E-state index contributed by atoms with van der Waals surface area (Å²) in [5.74, 6) is 0.529. The maximum absolute atomic E-state index is 5.72. The fourth-order valence-corrected chi connectivity index (χ4v) is 1.55. The molecule has 1 heterocycles. The van der Waals surface area contributed by atoms with Crippen LogP contribution in [-0.2, 0) is 4.74 Å². The fourth-order valence-electron chi connectivity index (χ4n) is 1.55. The first-order valence-corrected chi connectivity index (χ1v) is 5.64. The smallest absolute Gasteiger partial charge is 0.0466 e. The number of nitrogens with two attached hydrogens (primary N) is 1. The second-order valence-electron chi connectivity index (χ2n) is 4.10. The Morgan fingerprint density at radius 3 is 2.07 bits per heavy atom. The number of nitrogen functional groups attached to an aromatic ring is 1. The van der Waals surface area contributed by atoms with Crippen molar-refractivity contribution in [2.45, 2.75) is 32.6 Å². The summed E-state index contributed by atoms with van der Waals surface area (Å²) in [6.45, 7) is 6.29. The van der Waals surface area contributed by atoms with Crippen molar-refractivity contribution in [3.05, 3.63) is 29.8 Å². The quantitative estimate of drug-likeness (QED) is 0.718. The Labute approximate surface area is 92.4 Å². The number of para-hydroxylation sites is 1. The standard InChI is InChI=1S/C9H13N.C4H8O/c1-7(2)8-5-3-4-6-9(8)10;1-2-4-5-3-1/h3-7H,10H2,1-2H3;1-4H2. The van der Waals surface area contributed by atoms with E-state index in [9.17, 15) is 0 Å². The van der Waals surface area contributed by atoms with E-state index in [1.807, 2.05) is 18.2 Å². The number of anilines is 1. The highest BCUT2D eigenvalue weighted by Crippen LogP contribution is 2.19. The lowest BCUT2D eigenvalue weighted by Gasteiger charge is -2.07. The van der Waals surface area contributed by atoms with E-state index in [2.05, 4.69) is 19.9 Å². The molecule has 0 spiro atoms. The summed E-state index contributed by atoms with van der Waals surface area (Å²) in [5, 5.41) is 0. The van der Waals surface area contributed by atoms with Crippen LogP contribution in [0.4, 0.5) is 5.69 Å². The van der Waals surface area contributed by atoms with Gasteiger partial charge in [-0.25, -0.2) is 0 Å². The third-order valence-corrected chi connectivity index (χ3v) is 2.45. The first-order chi connectivity index (χ1) is 7.22. The molecule has 0 bridgehead atoms. The van der Waals surface area contributed by atoms with Crippen molar-refractivity contribution >= 4 is 5.69 Å². The van der Waals surface area contributed by atoms with Gasteiger partial charge in [-0.05, 0) is 30.4 Å². The second-order valence-corrected chi connectivity index (χ2v) is 4.10. The van der Waals surface area contributed by atoms with Gasteiger partial charge in [0.2, 0.25) is 0 Å². The lowest BCUT2D eigenvalue weighted by molar-refractivity contribution is 0.198. The van der Waals surface area contributed by atoms with Crippen LogP contribution in [0.3, 0.4) is 0 Å². The van der Waals surface area contributed by atoms with Gasteiger partial charge >= 0.3 is 0 Å². The second kappa shape index (κ2) is 6.46. The Balaban J connectivity index is 0.000000187. The topological polar surface area (TPSA) is 35.2 Å². The molecule has 0 amide bonds. The first kappa shape index (κ1) is 12.1. The van der Waals surface area contributed by atoms with Gasteiger partial charge in [-0.15, -0.1) is 0 Å². The highest BCUT2D eigenvalue weighted by Gasteiger charge is 2.00. The molecule has 2 rings (SSSR count). The lowest BCUT2D eigenvalue weighted by atomic mass is 10.0. The molecule has 1 aliphatic heterocycles. The monoisotopic (exact) mass is 207 g/mol. The van der Waals surface area contributed by atoms with Gasteiger partial charge in [0.25, 0.3) is 0 Å². The van der Waals surface area contributed by atoms with Crippen molar-refractivity contribution in [2.24, 2.45) is 0 Å². The highest BCUT2D eigenvalue weighted by atomic mass is 16.5. The van der Waals surface area contributed by atoms with Crippen molar-refractivity contribution in [1.29, 1.82) is 0 Å². The Hall–Kier alpha value is -1.02. The third-order valence-electron chi connectivity index (χ3n) is 2.45. The minimum Gasteiger partial charge on any atom is -0.398 e. The molecule has 0 atom stereocenters. The molecule has 1 aliphatic rings. The van der Waals surface area contributed by atoms with E-state index >= 15 is 0 Å². The highest BCUT2D eigenvalue weighted by molar-refractivity contribution is 5.47. The van der Waals surface area contributed by atoms with Crippen LogP contribution in [0.1, 0.15) is 38.2 Å². The zero-order valence-corrected chi connectivity index (χ0v) is 9.70. The van der Waals surface area contributed by atoms with Gasteiger partial charge < -0.3 is 10.5 Å². The van der Waals surface area contributed by atoms with E-state index in [0.717, 1.165) is 18.9 Å². The van der Waals surface area contributed by atoms with Crippen molar-refractivity contribution in [2.75, 3.05) is 18.9 Å². The number of hydrogen-bond donors (Lipinski definition) is 1. The van der Waals surface area contributed by atoms with Gasteiger partial charge in [-0.1, -0.05) is 32.0 Å². The van der Waals surface area contributed by atoms with Gasteiger partial charge in [0.15, 0.2) is 0 Å². The van der Waals surface area contributed by atoms with Crippen LogP contribution in [0.5, 0.6) is 0 Å². The predicted octanol–water partition coefficient (Wildman–Crippen LogP) is 3.19. The van der Waals surface area contributed by atoms with Crippen LogP contribution in [0.25, 0.3) is 0 Å². The summed E-state index contributed by atoms with van der Waals surface area (Å²) in [7, 11) is 0. The van der Waals surface area contributed by atoms with Gasteiger partial charge in [-0.2, -0.15) is 0 Å². The van der Waals surface area contributed by atoms with E-state index in [0.29, 0.717) is 5.92 Å². The van der Waals surface area contributed by atoms with Crippen LogP contribution in [0, 0.1) is 0 Å². The molecule has 1 aromatic carbocycles. The Bertz CT molecular complexity index is 272. The van der Waals surface area contributed by atoms with Crippen molar-refractivity contribution in [3.63, 3.8) is 0 Å². The molecule has 1 fully saturated rings. The molecular formula is C13H21NO. The number of rotatable bonds is 1. The number of benzene rings is 1. The van der Waals surface area contributed by atoms with Gasteiger partial charge in [0.1, 0.15) is 0 Å². The van der Waals surface area contributed by atoms with Crippen LogP contribution in [0.15, 0.2) is 24.3 Å². The average Bonchev–Trinajstić information content (AvgIpc) is 2.75. The van der Waals surface area contributed by atoms with Gasteiger partial charge in [0.05, 0.1) is 0 Å². The number of ether oxygens (including phenoxy) is 1. The first-order valence-electron chi connectivity index (χ1n) is 5.64. The molecular weight excluding hydrogens is 186 g/mol. The fraction of sp³-hybridized carbons (Fsp3) is 0.538. The molecule has 2 nitrogen and oxygen atoms in total. The SMILES string of the molecule is C1CCOC1.CC(C)c1ccccc1N. The summed E-state index contributed by atoms with van der Waals surface area (Å²) >= 11 is 0. The molecule has 1 aromatic rings. The normalized spacial score (nSPS) is 14.9. The zero-order chi connectivity index (χ0) is 11.1. The summed E-state index contributed by atoms with van der Waals surface area (Å²) < 4.78 is 4.94. The molecule has 1 saturated heterocycles. The van der Waals surface area contributed by atoms with E-state index in [-0.39, 0.29) is 0 Å². The maximum Gasteiger partial charge on any atom is 0.0466 e. The summed E-state index contributed by atoms with van der Waals surface area (Å²) in [6, 6.07) is 7.99. The summed E-state index contributed by atoms with van der Waals surface area (Å²) in [5.41, 5.74) is 7.86. The molecule has 15 heavy (non-hydrogen) atoms. The average molecular weight is 207 g/mol. The molecule has 0 aromatic heterocycles. The van der Waals surface area contributed by atoms with Crippen molar-refractivity contribution in [1.82, 2.24) is 0 Å². The summed E-state index contributed by atoms with van der Waals surface area (Å²) in [6.07, 6.45) is 2.56. The van der Waals surface area contributed by atoms with Crippen LogP contribution < -0.4 is 5.73 Å². The largest absolute Gasteiger partial charge is 0.398 e. The van der Waals surface area contributed by atoms with E-state index in [1.165, 1.54) is 18.4 Å². The van der Waals surface area contributed by atoms with Crippen LogP contribution >= 0.6 is 0 Å². The van der Waals surface area contributed by atoms with E-state index in [4.69, 9.17) is 10.5 Å². The lowest BCUT2D eigenvalue weighted by Crippen LogP contribution is -1.94. The molecule has 0 radical (unpaired) electrons. The minimum absolute atomic E-state index is 0.529. The molecule has 2 N–H and O–H groups in total. The van der Waals surface area contributed by atoms with Crippen molar-refractivity contribution in [3.8, 4) is 0 Å². The van der Waals surface area contributed by atoms with E-state index < -0.39 is 0 Å². The third kappa shape index (κ3) is 4.34. The van der Waals surface area contributed by atoms with Gasteiger partial charge in [0, 0.05) is 18.9 Å².